The first-order valence-electron chi connectivity index (χ1n) is 9.76. The molecule has 1 aromatic carbocycles. The maximum Gasteiger partial charge on any atom is 0.339 e. The lowest BCUT2D eigenvalue weighted by molar-refractivity contribution is -0.164. The van der Waals surface area contributed by atoms with Crippen molar-refractivity contribution in [1.29, 1.82) is 0 Å². The third-order valence-electron chi connectivity index (χ3n) is 5.42. The van der Waals surface area contributed by atoms with Gasteiger partial charge in [-0.15, -0.1) is 0 Å². The van der Waals surface area contributed by atoms with Crippen molar-refractivity contribution < 1.29 is 14.3 Å². The third-order valence-corrected chi connectivity index (χ3v) is 5.42. The van der Waals surface area contributed by atoms with Gasteiger partial charge in [0.25, 0.3) is 0 Å². The molecule has 0 radical (unpaired) electrons. The fourth-order valence-corrected chi connectivity index (χ4v) is 3.72. The summed E-state index contributed by atoms with van der Waals surface area (Å²) >= 11 is 0. The Kier molecular flexibility index (Phi) is 6.15. The van der Waals surface area contributed by atoms with Crippen molar-refractivity contribution in [3.05, 3.63) is 22.8 Å². The molecule has 27 heavy (non-hydrogen) atoms. The molecular formula is C22H36N2O3. The van der Waals surface area contributed by atoms with Crippen LogP contribution in [-0.4, -0.2) is 31.8 Å². The summed E-state index contributed by atoms with van der Waals surface area (Å²) in [4.78, 5) is 15.1. The molecule has 5 nitrogen and oxygen atoms in total. The zero-order valence-electron chi connectivity index (χ0n) is 18.2. The van der Waals surface area contributed by atoms with E-state index in [-0.39, 0.29) is 0 Å². The average molecular weight is 377 g/mol. The molecule has 1 fully saturated rings. The van der Waals surface area contributed by atoms with Crippen LogP contribution in [0.2, 0.25) is 0 Å². The van der Waals surface area contributed by atoms with Crippen LogP contribution in [0.25, 0.3) is 0 Å². The molecule has 5 heteroatoms. The van der Waals surface area contributed by atoms with Gasteiger partial charge in [-0.3, -0.25) is 0 Å². The summed E-state index contributed by atoms with van der Waals surface area (Å²) in [6, 6.07) is 2.00. The molecule has 1 atom stereocenters. The van der Waals surface area contributed by atoms with E-state index >= 15 is 0 Å². The molecule has 2 rings (SSSR count). The van der Waals surface area contributed by atoms with E-state index in [1.807, 2.05) is 33.8 Å². The number of esters is 1. The number of methoxy groups -OCH3 is 1. The van der Waals surface area contributed by atoms with Gasteiger partial charge in [-0.1, -0.05) is 13.8 Å². The van der Waals surface area contributed by atoms with E-state index in [1.165, 1.54) is 7.11 Å². The number of nitrogens with zero attached hydrogens (tertiary/aromatic N) is 1. The number of nitrogens with two attached hydrogens (primary N) is 1. The number of hydrogen-bond donors (Lipinski definition) is 1. The van der Waals surface area contributed by atoms with Gasteiger partial charge in [-0.2, -0.15) is 0 Å². The third kappa shape index (κ3) is 4.95. The SMILES string of the molecule is COC(=O)C(OC(C)(C)C)c1c(C)c(N)cc(C)c1N1CCC(C)(C)CC1. The second kappa shape index (κ2) is 7.70. The first-order chi connectivity index (χ1) is 12.4. The van der Waals surface area contributed by atoms with Crippen molar-refractivity contribution in [2.24, 2.45) is 5.41 Å². The maximum absolute atomic E-state index is 12.7. The molecule has 1 aliphatic rings. The molecule has 0 aromatic heterocycles. The lowest BCUT2D eigenvalue weighted by Gasteiger charge is -2.41. The van der Waals surface area contributed by atoms with E-state index in [0.717, 1.165) is 48.3 Å². The van der Waals surface area contributed by atoms with Crippen molar-refractivity contribution in [3.63, 3.8) is 0 Å². The Balaban J connectivity index is 2.60. The van der Waals surface area contributed by atoms with E-state index in [9.17, 15) is 4.79 Å². The van der Waals surface area contributed by atoms with E-state index < -0.39 is 17.7 Å². The van der Waals surface area contributed by atoms with Crippen LogP contribution >= 0.6 is 0 Å². The van der Waals surface area contributed by atoms with E-state index in [4.69, 9.17) is 15.2 Å². The molecule has 1 aromatic rings. The zero-order valence-corrected chi connectivity index (χ0v) is 18.2. The van der Waals surface area contributed by atoms with E-state index in [1.54, 1.807) is 0 Å². The summed E-state index contributed by atoms with van der Waals surface area (Å²) in [5, 5.41) is 0. The molecule has 0 saturated carbocycles. The van der Waals surface area contributed by atoms with Gasteiger partial charge >= 0.3 is 5.97 Å². The van der Waals surface area contributed by atoms with E-state index in [0.29, 0.717) is 11.1 Å². The Labute approximate surface area is 164 Å². The molecule has 1 aliphatic heterocycles. The largest absolute Gasteiger partial charge is 0.467 e. The Bertz CT molecular complexity index is 694. The zero-order chi connectivity index (χ0) is 20.6. The number of aryl methyl sites for hydroxylation is 1. The normalized spacial score (nSPS) is 18.3. The highest BCUT2D eigenvalue weighted by atomic mass is 16.6. The molecule has 0 spiro atoms. The van der Waals surface area contributed by atoms with Gasteiger partial charge in [-0.25, -0.2) is 4.79 Å². The van der Waals surface area contributed by atoms with Gasteiger partial charge in [0.2, 0.25) is 0 Å². The summed E-state index contributed by atoms with van der Waals surface area (Å²) in [5.74, 6) is -0.392. The first-order valence-corrected chi connectivity index (χ1v) is 9.76. The van der Waals surface area contributed by atoms with Gasteiger partial charge in [-0.05, 0) is 70.1 Å². The highest BCUT2D eigenvalue weighted by Crippen LogP contribution is 2.42. The number of piperidine rings is 1. The summed E-state index contributed by atoms with van der Waals surface area (Å²) in [7, 11) is 1.40. The second-order valence-corrected chi connectivity index (χ2v) is 9.45. The monoisotopic (exact) mass is 376 g/mol. The summed E-state index contributed by atoms with van der Waals surface area (Å²) in [5.41, 5.74) is 10.7. The van der Waals surface area contributed by atoms with Gasteiger partial charge < -0.3 is 20.1 Å². The Morgan fingerprint density at radius 1 is 1.22 bits per heavy atom. The topological polar surface area (TPSA) is 64.8 Å². The molecule has 0 aliphatic carbocycles. The smallest absolute Gasteiger partial charge is 0.339 e. The number of hydrogen-bond acceptors (Lipinski definition) is 5. The summed E-state index contributed by atoms with van der Waals surface area (Å²) in [6.07, 6.45) is 1.42. The predicted octanol–water partition coefficient (Wildman–Crippen LogP) is 4.54. The highest BCUT2D eigenvalue weighted by Gasteiger charge is 2.35. The predicted molar refractivity (Wildman–Crippen MR) is 111 cm³/mol. The van der Waals surface area contributed by atoms with Crippen LogP contribution in [0.1, 0.15) is 70.3 Å². The number of rotatable bonds is 4. The van der Waals surface area contributed by atoms with Gasteiger partial charge in [0.05, 0.1) is 12.7 Å². The van der Waals surface area contributed by atoms with E-state index in [2.05, 4.69) is 25.7 Å². The van der Waals surface area contributed by atoms with Crippen molar-refractivity contribution >= 4 is 17.3 Å². The summed E-state index contributed by atoms with van der Waals surface area (Å²) < 4.78 is 11.3. The van der Waals surface area contributed by atoms with Gasteiger partial charge in [0.1, 0.15) is 0 Å². The number of anilines is 2. The number of nitrogen functional groups attached to an aromatic ring is 1. The van der Waals surface area contributed by atoms with Crippen molar-refractivity contribution in [3.8, 4) is 0 Å². The molecule has 1 saturated heterocycles. The number of ether oxygens (including phenoxy) is 2. The van der Waals surface area contributed by atoms with Crippen LogP contribution in [0.5, 0.6) is 0 Å². The Morgan fingerprint density at radius 2 is 1.78 bits per heavy atom. The van der Waals surface area contributed by atoms with Crippen LogP contribution in [0.15, 0.2) is 6.07 Å². The molecular weight excluding hydrogens is 340 g/mol. The van der Waals surface area contributed by atoms with Crippen LogP contribution in [-0.2, 0) is 14.3 Å². The Morgan fingerprint density at radius 3 is 2.26 bits per heavy atom. The minimum absolute atomic E-state index is 0.344. The minimum Gasteiger partial charge on any atom is -0.467 e. The standard InChI is InChI=1S/C22H36N2O3/c1-14-13-16(23)15(2)17(19(20(25)26-8)27-21(3,4)5)18(14)24-11-9-22(6,7)10-12-24/h13,19H,9-12,23H2,1-8H3. The van der Waals surface area contributed by atoms with Crippen LogP contribution < -0.4 is 10.6 Å². The second-order valence-electron chi connectivity index (χ2n) is 9.45. The molecule has 152 valence electrons. The number of carbonyl (C=O) groups excluding carboxylic acids is 1. The summed E-state index contributed by atoms with van der Waals surface area (Å²) in [6.45, 7) is 16.4. The van der Waals surface area contributed by atoms with Gasteiger partial charge in [0.15, 0.2) is 6.10 Å². The molecule has 1 heterocycles. The molecule has 0 amide bonds. The Hall–Kier alpha value is -1.75. The minimum atomic E-state index is -0.804. The lowest BCUT2D eigenvalue weighted by Crippen LogP contribution is -2.39. The maximum atomic E-state index is 12.7. The number of benzene rings is 1. The number of carbonyl (C=O) groups is 1. The quantitative estimate of drug-likeness (QED) is 0.617. The average Bonchev–Trinajstić information content (AvgIpc) is 2.55. The van der Waals surface area contributed by atoms with Crippen molar-refractivity contribution in [2.45, 2.75) is 73.0 Å². The van der Waals surface area contributed by atoms with Crippen LogP contribution in [0, 0.1) is 19.3 Å². The van der Waals surface area contributed by atoms with Crippen LogP contribution in [0.4, 0.5) is 11.4 Å². The highest BCUT2D eigenvalue weighted by molar-refractivity contribution is 5.83. The van der Waals surface area contributed by atoms with Gasteiger partial charge in [0, 0.05) is 30.0 Å². The first kappa shape index (κ1) is 21.5. The molecule has 2 N–H and O–H groups in total. The van der Waals surface area contributed by atoms with Crippen molar-refractivity contribution in [1.82, 2.24) is 0 Å². The fourth-order valence-electron chi connectivity index (χ4n) is 3.72. The van der Waals surface area contributed by atoms with Crippen LogP contribution in [0.3, 0.4) is 0 Å². The fraction of sp³-hybridized carbons (Fsp3) is 0.682. The van der Waals surface area contributed by atoms with Crippen molar-refractivity contribution in [2.75, 3.05) is 30.8 Å². The molecule has 1 unspecified atom stereocenters. The lowest BCUT2D eigenvalue weighted by atomic mass is 9.82. The molecule has 0 bridgehead atoms.